The Labute approximate surface area is 122 Å². The van der Waals surface area contributed by atoms with Gasteiger partial charge in [0.05, 0.1) is 0 Å². The largest absolute Gasteiger partial charge is 0.478 e. The normalized spacial score (nSPS) is 21.9. The molecule has 1 aromatic heterocycles. The molecular formula is C15H17N3O3. The van der Waals surface area contributed by atoms with Gasteiger partial charge in [0.2, 0.25) is 5.91 Å². The van der Waals surface area contributed by atoms with Crippen LogP contribution < -0.4 is 4.90 Å². The number of fused-ring (bicyclic) bond motifs is 1. The van der Waals surface area contributed by atoms with Crippen LogP contribution in [0.2, 0.25) is 0 Å². The molecule has 0 aromatic carbocycles. The number of amides is 1. The first-order valence-corrected chi connectivity index (χ1v) is 7.05. The fraction of sp³-hybridized carbons (Fsp3) is 0.400. The highest BCUT2D eigenvalue weighted by Gasteiger charge is 2.35. The van der Waals surface area contributed by atoms with Crippen molar-refractivity contribution >= 4 is 23.8 Å². The van der Waals surface area contributed by atoms with Gasteiger partial charge in [0.15, 0.2) is 0 Å². The van der Waals surface area contributed by atoms with Gasteiger partial charge in [-0.2, -0.15) is 0 Å². The van der Waals surface area contributed by atoms with Crippen molar-refractivity contribution in [2.24, 2.45) is 0 Å². The first-order chi connectivity index (χ1) is 10.1. The van der Waals surface area contributed by atoms with E-state index in [9.17, 15) is 9.59 Å². The number of carbonyl (C=O) groups is 2. The van der Waals surface area contributed by atoms with Crippen molar-refractivity contribution in [2.75, 3.05) is 24.5 Å². The molecule has 6 nitrogen and oxygen atoms in total. The fourth-order valence-corrected chi connectivity index (χ4v) is 2.92. The molecule has 110 valence electrons. The lowest BCUT2D eigenvalue weighted by Crippen LogP contribution is -2.51. The van der Waals surface area contributed by atoms with Crippen LogP contribution in [0, 0.1) is 0 Å². The van der Waals surface area contributed by atoms with Gasteiger partial charge in [-0.25, -0.2) is 9.78 Å². The number of carboxylic acids is 1. The number of hydrogen-bond acceptors (Lipinski definition) is 4. The van der Waals surface area contributed by atoms with E-state index >= 15 is 0 Å². The lowest BCUT2D eigenvalue weighted by Gasteiger charge is -2.38. The molecule has 0 bridgehead atoms. The predicted molar refractivity (Wildman–Crippen MR) is 77.9 cm³/mol. The number of aliphatic carboxylic acids is 1. The maximum atomic E-state index is 11.7. The van der Waals surface area contributed by atoms with Gasteiger partial charge in [0, 0.05) is 44.4 Å². The van der Waals surface area contributed by atoms with Crippen LogP contribution in [0.25, 0.3) is 6.08 Å². The van der Waals surface area contributed by atoms with Gasteiger partial charge in [-0.1, -0.05) is 0 Å². The smallest absolute Gasteiger partial charge is 0.328 e. The summed E-state index contributed by atoms with van der Waals surface area (Å²) in [4.78, 5) is 30.7. The van der Waals surface area contributed by atoms with Crippen molar-refractivity contribution in [3.8, 4) is 0 Å². The van der Waals surface area contributed by atoms with Crippen molar-refractivity contribution < 1.29 is 14.7 Å². The number of aromatic nitrogens is 1. The Balaban J connectivity index is 1.67. The lowest BCUT2D eigenvalue weighted by molar-refractivity contribution is -0.131. The molecule has 1 atom stereocenters. The summed E-state index contributed by atoms with van der Waals surface area (Å²) in [6, 6.07) is 4.06. The van der Waals surface area contributed by atoms with E-state index in [1.807, 2.05) is 17.0 Å². The summed E-state index contributed by atoms with van der Waals surface area (Å²) in [5.74, 6) is 0.171. The van der Waals surface area contributed by atoms with Crippen LogP contribution in [0.3, 0.4) is 0 Å². The monoisotopic (exact) mass is 287 g/mol. The molecule has 0 radical (unpaired) electrons. The van der Waals surface area contributed by atoms with E-state index in [2.05, 4.69) is 9.88 Å². The van der Waals surface area contributed by atoms with Crippen LogP contribution in [-0.2, 0) is 9.59 Å². The van der Waals surface area contributed by atoms with Crippen LogP contribution in [-0.4, -0.2) is 52.5 Å². The minimum absolute atomic E-state index is 0.266. The van der Waals surface area contributed by atoms with Crippen LogP contribution >= 0.6 is 0 Å². The van der Waals surface area contributed by atoms with Gasteiger partial charge >= 0.3 is 5.97 Å². The molecule has 1 N–H and O–H groups in total. The van der Waals surface area contributed by atoms with Crippen molar-refractivity contribution in [3.63, 3.8) is 0 Å². The molecule has 0 aliphatic carbocycles. The summed E-state index contributed by atoms with van der Waals surface area (Å²) >= 11 is 0. The average molecular weight is 287 g/mol. The Morgan fingerprint density at radius 3 is 2.95 bits per heavy atom. The van der Waals surface area contributed by atoms with E-state index in [0.29, 0.717) is 12.5 Å². The van der Waals surface area contributed by atoms with Crippen molar-refractivity contribution in [1.29, 1.82) is 0 Å². The second-order valence-corrected chi connectivity index (χ2v) is 5.35. The zero-order valence-corrected chi connectivity index (χ0v) is 11.6. The van der Waals surface area contributed by atoms with E-state index in [0.717, 1.165) is 43.5 Å². The summed E-state index contributed by atoms with van der Waals surface area (Å²) in [6.07, 6.45) is 5.87. The third-order valence-electron chi connectivity index (χ3n) is 4.01. The van der Waals surface area contributed by atoms with Gasteiger partial charge in [0.25, 0.3) is 0 Å². The molecule has 2 fully saturated rings. The second-order valence-electron chi connectivity index (χ2n) is 5.35. The number of pyridine rings is 1. The number of carbonyl (C=O) groups excluding carboxylic acids is 1. The predicted octanol–water partition coefficient (Wildman–Crippen LogP) is 0.990. The fourth-order valence-electron chi connectivity index (χ4n) is 2.92. The topological polar surface area (TPSA) is 73.7 Å². The molecule has 1 unspecified atom stereocenters. The third kappa shape index (κ3) is 2.89. The quantitative estimate of drug-likeness (QED) is 0.839. The number of nitrogens with zero attached hydrogens (tertiary/aromatic N) is 3. The van der Waals surface area contributed by atoms with Crippen molar-refractivity contribution in [3.05, 3.63) is 30.0 Å². The summed E-state index contributed by atoms with van der Waals surface area (Å²) < 4.78 is 0. The molecule has 0 saturated carbocycles. The molecular weight excluding hydrogens is 270 g/mol. The lowest BCUT2D eigenvalue weighted by atomic mass is 10.1. The second kappa shape index (κ2) is 5.55. The SMILES string of the molecule is O=C(O)/C=C/c1ccc(N2CCN3C(=O)CCC3C2)nc1. The molecule has 2 aliphatic rings. The van der Waals surface area contributed by atoms with Crippen LogP contribution in [0.1, 0.15) is 18.4 Å². The molecule has 1 aromatic rings. The first-order valence-electron chi connectivity index (χ1n) is 7.05. The van der Waals surface area contributed by atoms with E-state index in [-0.39, 0.29) is 5.91 Å². The average Bonchev–Trinajstić information content (AvgIpc) is 2.86. The van der Waals surface area contributed by atoms with Gasteiger partial charge in [-0.05, 0) is 30.2 Å². The van der Waals surface area contributed by atoms with Gasteiger partial charge in [0.1, 0.15) is 5.82 Å². The molecule has 2 aliphatic heterocycles. The summed E-state index contributed by atoms with van der Waals surface area (Å²) in [7, 11) is 0. The molecule has 2 saturated heterocycles. The zero-order chi connectivity index (χ0) is 14.8. The minimum Gasteiger partial charge on any atom is -0.478 e. The number of piperazine rings is 1. The first kappa shape index (κ1) is 13.6. The van der Waals surface area contributed by atoms with E-state index in [1.165, 1.54) is 6.08 Å². The minimum atomic E-state index is -0.971. The maximum absolute atomic E-state index is 11.7. The Bertz CT molecular complexity index is 582. The molecule has 0 spiro atoms. The van der Waals surface area contributed by atoms with Crippen LogP contribution in [0.4, 0.5) is 5.82 Å². The highest BCUT2D eigenvalue weighted by Crippen LogP contribution is 2.25. The van der Waals surface area contributed by atoms with Crippen LogP contribution in [0.5, 0.6) is 0 Å². The number of carboxylic acid groups (broad SMARTS) is 1. The standard InChI is InChI=1S/C15H17N3O3/c19-14-5-3-12-10-17(7-8-18(12)14)13-4-1-11(9-16-13)2-6-15(20)21/h1-2,4,6,9,12H,3,5,7-8,10H2,(H,20,21)/b6-2+. The Kier molecular flexibility index (Phi) is 3.60. The van der Waals surface area contributed by atoms with Gasteiger partial charge in [-0.3, -0.25) is 4.79 Å². The van der Waals surface area contributed by atoms with Crippen molar-refractivity contribution in [2.45, 2.75) is 18.9 Å². The van der Waals surface area contributed by atoms with Gasteiger partial charge in [-0.15, -0.1) is 0 Å². The number of hydrogen-bond donors (Lipinski definition) is 1. The van der Waals surface area contributed by atoms with E-state index < -0.39 is 5.97 Å². The Morgan fingerprint density at radius 1 is 1.38 bits per heavy atom. The molecule has 3 rings (SSSR count). The Hall–Kier alpha value is -2.37. The van der Waals surface area contributed by atoms with Crippen molar-refractivity contribution in [1.82, 2.24) is 9.88 Å². The highest BCUT2D eigenvalue weighted by atomic mass is 16.4. The maximum Gasteiger partial charge on any atom is 0.328 e. The Morgan fingerprint density at radius 2 is 2.24 bits per heavy atom. The molecule has 1 amide bonds. The van der Waals surface area contributed by atoms with E-state index in [1.54, 1.807) is 6.20 Å². The third-order valence-corrected chi connectivity index (χ3v) is 4.01. The summed E-state index contributed by atoms with van der Waals surface area (Å²) in [6.45, 7) is 2.37. The molecule has 21 heavy (non-hydrogen) atoms. The zero-order valence-electron chi connectivity index (χ0n) is 11.6. The number of anilines is 1. The van der Waals surface area contributed by atoms with Crippen LogP contribution in [0.15, 0.2) is 24.4 Å². The molecule has 3 heterocycles. The number of rotatable bonds is 3. The van der Waals surface area contributed by atoms with Gasteiger partial charge < -0.3 is 14.9 Å². The van der Waals surface area contributed by atoms with E-state index in [4.69, 9.17) is 5.11 Å². The molecule has 6 heteroatoms. The highest BCUT2D eigenvalue weighted by molar-refractivity contribution is 5.85. The summed E-state index contributed by atoms with van der Waals surface area (Å²) in [5.41, 5.74) is 0.760. The summed E-state index contributed by atoms with van der Waals surface area (Å²) in [5, 5.41) is 8.59.